The van der Waals surface area contributed by atoms with Crippen molar-refractivity contribution in [1.82, 2.24) is 0 Å². The predicted molar refractivity (Wildman–Crippen MR) is 126 cm³/mol. The van der Waals surface area contributed by atoms with E-state index in [4.69, 9.17) is 11.6 Å². The van der Waals surface area contributed by atoms with Gasteiger partial charge in [0.25, 0.3) is 10.0 Å². The predicted octanol–water partition coefficient (Wildman–Crippen LogP) is 5.61. The largest absolute Gasteiger partial charge is 0.324 e. The molecule has 162 valence electrons. The summed E-state index contributed by atoms with van der Waals surface area (Å²) in [7, 11) is -4.02. The Hall–Kier alpha value is -2.83. The minimum Gasteiger partial charge on any atom is -0.324 e. The van der Waals surface area contributed by atoms with Crippen molar-refractivity contribution in [1.29, 1.82) is 0 Å². The Balaban J connectivity index is 1.97. The summed E-state index contributed by atoms with van der Waals surface area (Å²) >= 11 is 6.31. The van der Waals surface area contributed by atoms with E-state index in [1.54, 1.807) is 36.4 Å². The van der Waals surface area contributed by atoms with Crippen LogP contribution in [0.2, 0.25) is 5.02 Å². The topological polar surface area (TPSA) is 66.5 Å². The van der Waals surface area contributed by atoms with E-state index in [2.05, 4.69) is 5.32 Å². The SMILES string of the molecule is Cc1ccc(S(=O)(=O)N(CC(=O)Nc2ccccc2C(C)C)c2ccccc2Cl)cc1. The molecule has 0 saturated heterocycles. The highest BCUT2D eigenvalue weighted by molar-refractivity contribution is 7.92. The molecule has 1 amide bonds. The number of sulfonamides is 1. The Kier molecular flexibility index (Phi) is 7.03. The van der Waals surface area contributed by atoms with Gasteiger partial charge in [-0.25, -0.2) is 8.42 Å². The van der Waals surface area contributed by atoms with Crippen LogP contribution in [0.3, 0.4) is 0 Å². The van der Waals surface area contributed by atoms with Crippen molar-refractivity contribution < 1.29 is 13.2 Å². The second-order valence-corrected chi connectivity index (χ2v) is 9.84. The summed E-state index contributed by atoms with van der Waals surface area (Å²) in [5.74, 6) is -0.254. The number of carbonyl (C=O) groups is 1. The molecule has 0 aliphatic rings. The number of nitrogens with one attached hydrogen (secondary N) is 1. The lowest BCUT2D eigenvalue weighted by Crippen LogP contribution is -2.38. The van der Waals surface area contributed by atoms with Crippen LogP contribution in [0.5, 0.6) is 0 Å². The maximum atomic E-state index is 13.4. The van der Waals surface area contributed by atoms with Crippen LogP contribution < -0.4 is 9.62 Å². The molecule has 0 heterocycles. The Morgan fingerprint density at radius 3 is 2.23 bits per heavy atom. The second-order valence-electron chi connectivity index (χ2n) is 7.57. The lowest BCUT2D eigenvalue weighted by Gasteiger charge is -2.25. The summed E-state index contributed by atoms with van der Waals surface area (Å²) in [6.45, 7) is 5.53. The van der Waals surface area contributed by atoms with E-state index in [0.29, 0.717) is 5.69 Å². The number of rotatable bonds is 7. The molecule has 3 rings (SSSR count). The molecular formula is C24H25ClN2O3S. The Bertz CT molecular complexity index is 1180. The van der Waals surface area contributed by atoms with Gasteiger partial charge in [-0.05, 0) is 48.7 Å². The van der Waals surface area contributed by atoms with Crippen molar-refractivity contribution in [2.45, 2.75) is 31.6 Å². The van der Waals surface area contributed by atoms with Crippen LogP contribution in [-0.2, 0) is 14.8 Å². The summed E-state index contributed by atoms with van der Waals surface area (Å²) in [6, 6.07) is 20.6. The average molecular weight is 457 g/mol. The number of amides is 1. The van der Waals surface area contributed by atoms with E-state index < -0.39 is 22.5 Å². The first-order valence-electron chi connectivity index (χ1n) is 9.93. The van der Waals surface area contributed by atoms with Crippen LogP contribution >= 0.6 is 11.6 Å². The van der Waals surface area contributed by atoms with Gasteiger partial charge in [-0.15, -0.1) is 0 Å². The number of nitrogens with zero attached hydrogens (tertiary/aromatic N) is 1. The highest BCUT2D eigenvalue weighted by Crippen LogP contribution is 2.31. The molecule has 0 spiro atoms. The third kappa shape index (κ3) is 5.27. The average Bonchev–Trinajstić information content (AvgIpc) is 2.73. The number of para-hydroxylation sites is 2. The van der Waals surface area contributed by atoms with E-state index in [1.165, 1.54) is 12.1 Å². The number of hydrogen-bond donors (Lipinski definition) is 1. The highest BCUT2D eigenvalue weighted by atomic mass is 35.5. The van der Waals surface area contributed by atoms with E-state index in [1.807, 2.05) is 45.0 Å². The van der Waals surface area contributed by atoms with Gasteiger partial charge in [0.1, 0.15) is 6.54 Å². The zero-order valence-corrected chi connectivity index (χ0v) is 19.2. The van der Waals surface area contributed by atoms with E-state index in [0.717, 1.165) is 15.4 Å². The molecule has 1 N–H and O–H groups in total. The fourth-order valence-electron chi connectivity index (χ4n) is 3.23. The lowest BCUT2D eigenvalue weighted by atomic mass is 10.0. The monoisotopic (exact) mass is 456 g/mol. The summed E-state index contributed by atoms with van der Waals surface area (Å²) in [5.41, 5.74) is 2.82. The van der Waals surface area contributed by atoms with Gasteiger partial charge < -0.3 is 5.32 Å². The van der Waals surface area contributed by atoms with Crippen molar-refractivity contribution >= 4 is 38.9 Å². The maximum Gasteiger partial charge on any atom is 0.264 e. The van der Waals surface area contributed by atoms with Gasteiger partial charge in [-0.1, -0.05) is 73.5 Å². The summed E-state index contributed by atoms with van der Waals surface area (Å²) < 4.78 is 27.9. The molecule has 0 bridgehead atoms. The van der Waals surface area contributed by atoms with Gasteiger partial charge in [0, 0.05) is 5.69 Å². The Labute approximate surface area is 188 Å². The number of aryl methyl sites for hydroxylation is 1. The fourth-order valence-corrected chi connectivity index (χ4v) is 4.95. The van der Waals surface area contributed by atoms with Gasteiger partial charge in [0.15, 0.2) is 0 Å². The molecule has 0 aliphatic heterocycles. The van der Waals surface area contributed by atoms with E-state index in [9.17, 15) is 13.2 Å². The van der Waals surface area contributed by atoms with Crippen molar-refractivity contribution in [2.75, 3.05) is 16.2 Å². The Morgan fingerprint density at radius 1 is 0.968 bits per heavy atom. The normalized spacial score (nSPS) is 11.4. The molecule has 0 fully saturated rings. The van der Waals surface area contributed by atoms with E-state index >= 15 is 0 Å². The number of hydrogen-bond acceptors (Lipinski definition) is 3. The van der Waals surface area contributed by atoms with Crippen LogP contribution in [-0.4, -0.2) is 20.9 Å². The number of benzene rings is 3. The maximum absolute atomic E-state index is 13.4. The molecule has 0 saturated carbocycles. The van der Waals surface area contributed by atoms with Crippen LogP contribution in [0.1, 0.15) is 30.9 Å². The van der Waals surface area contributed by atoms with Gasteiger partial charge >= 0.3 is 0 Å². The smallest absolute Gasteiger partial charge is 0.264 e. The van der Waals surface area contributed by atoms with E-state index in [-0.39, 0.29) is 21.5 Å². The molecule has 3 aromatic rings. The second kappa shape index (κ2) is 9.54. The third-order valence-corrected chi connectivity index (χ3v) is 6.97. The first kappa shape index (κ1) is 22.8. The highest BCUT2D eigenvalue weighted by Gasteiger charge is 2.28. The summed E-state index contributed by atoms with van der Waals surface area (Å²) in [4.78, 5) is 13.0. The van der Waals surface area contributed by atoms with Crippen LogP contribution in [0, 0.1) is 6.92 Å². The first-order valence-corrected chi connectivity index (χ1v) is 11.7. The van der Waals surface area contributed by atoms with Crippen molar-refractivity contribution in [3.63, 3.8) is 0 Å². The van der Waals surface area contributed by atoms with Crippen LogP contribution in [0.25, 0.3) is 0 Å². The van der Waals surface area contributed by atoms with Gasteiger partial charge in [0.05, 0.1) is 15.6 Å². The molecule has 5 nitrogen and oxygen atoms in total. The van der Waals surface area contributed by atoms with Crippen LogP contribution in [0.15, 0.2) is 77.7 Å². The molecule has 0 aliphatic carbocycles. The molecule has 0 radical (unpaired) electrons. The third-order valence-electron chi connectivity index (χ3n) is 4.87. The molecule has 31 heavy (non-hydrogen) atoms. The zero-order valence-electron chi connectivity index (χ0n) is 17.7. The molecule has 0 unspecified atom stereocenters. The molecule has 3 aromatic carbocycles. The van der Waals surface area contributed by atoms with Gasteiger partial charge in [-0.2, -0.15) is 0 Å². The molecule has 0 aromatic heterocycles. The zero-order chi connectivity index (χ0) is 22.6. The quantitative estimate of drug-likeness (QED) is 0.502. The molecule has 7 heteroatoms. The van der Waals surface area contributed by atoms with Crippen molar-refractivity contribution in [3.05, 3.63) is 88.9 Å². The minimum absolute atomic E-state index is 0.0911. The van der Waals surface area contributed by atoms with Crippen LogP contribution in [0.4, 0.5) is 11.4 Å². The summed E-state index contributed by atoms with van der Waals surface area (Å²) in [5, 5.41) is 3.10. The number of anilines is 2. The van der Waals surface area contributed by atoms with Gasteiger partial charge in [0.2, 0.25) is 5.91 Å². The van der Waals surface area contributed by atoms with Gasteiger partial charge in [-0.3, -0.25) is 9.10 Å². The molecule has 0 atom stereocenters. The fraction of sp³-hybridized carbons (Fsp3) is 0.208. The first-order chi connectivity index (χ1) is 14.7. The Morgan fingerprint density at radius 2 is 1.58 bits per heavy atom. The molecular weight excluding hydrogens is 432 g/mol. The van der Waals surface area contributed by atoms with Crippen molar-refractivity contribution in [2.24, 2.45) is 0 Å². The number of carbonyl (C=O) groups excluding carboxylic acids is 1. The van der Waals surface area contributed by atoms with Crippen molar-refractivity contribution in [3.8, 4) is 0 Å². The summed E-state index contributed by atoms with van der Waals surface area (Å²) in [6.07, 6.45) is 0. The minimum atomic E-state index is -4.02. The lowest BCUT2D eigenvalue weighted by molar-refractivity contribution is -0.114. The number of halogens is 1. The standard InChI is InChI=1S/C24H25ClN2O3S/c1-17(2)20-8-4-6-10-22(20)26-24(28)16-27(23-11-7-5-9-21(23)25)31(29,30)19-14-12-18(3)13-15-19/h4-15,17H,16H2,1-3H3,(H,26,28).